The summed E-state index contributed by atoms with van der Waals surface area (Å²) in [5.74, 6) is 0. The molecule has 0 bridgehead atoms. The minimum atomic E-state index is 0.264. The van der Waals surface area contributed by atoms with Gasteiger partial charge >= 0.3 is 0 Å². The van der Waals surface area contributed by atoms with Crippen LogP contribution in [0, 0.1) is 0 Å². The summed E-state index contributed by atoms with van der Waals surface area (Å²) >= 11 is 3.57. The normalized spacial score (nSPS) is 21.5. The minimum absolute atomic E-state index is 0.264. The second kappa shape index (κ2) is 3.91. The highest BCUT2D eigenvalue weighted by Gasteiger charge is 2.22. The molecular formula is C11H15BrN2. The van der Waals surface area contributed by atoms with E-state index in [4.69, 9.17) is 5.73 Å². The largest absolute Gasteiger partial charge is 0.382 e. The molecule has 3 heteroatoms. The van der Waals surface area contributed by atoms with Crippen LogP contribution in [-0.2, 0) is 6.42 Å². The van der Waals surface area contributed by atoms with Crippen molar-refractivity contribution in [3.63, 3.8) is 0 Å². The predicted octanol–water partition coefficient (Wildman–Crippen LogP) is 2.52. The van der Waals surface area contributed by atoms with Gasteiger partial charge in [-0.15, -0.1) is 0 Å². The Kier molecular flexibility index (Phi) is 2.79. The van der Waals surface area contributed by atoms with Gasteiger partial charge in [-0.3, -0.25) is 0 Å². The smallest absolute Gasteiger partial charge is 0.0387 e. The summed E-state index contributed by atoms with van der Waals surface area (Å²) < 4.78 is 1.20. The molecule has 2 unspecified atom stereocenters. The molecule has 1 aromatic carbocycles. The SMILES string of the molecule is CC(N)CC1Cc2c(Br)cccc2N1. The molecule has 1 aliphatic rings. The van der Waals surface area contributed by atoms with Crippen molar-refractivity contribution in [1.82, 2.24) is 0 Å². The van der Waals surface area contributed by atoms with Crippen LogP contribution in [-0.4, -0.2) is 12.1 Å². The molecule has 0 radical (unpaired) electrons. The van der Waals surface area contributed by atoms with Crippen molar-refractivity contribution < 1.29 is 0 Å². The summed E-state index contributed by atoms with van der Waals surface area (Å²) in [6.45, 7) is 2.06. The van der Waals surface area contributed by atoms with Crippen LogP contribution >= 0.6 is 15.9 Å². The Bertz CT molecular complexity index is 336. The summed E-state index contributed by atoms with van der Waals surface area (Å²) in [7, 11) is 0. The van der Waals surface area contributed by atoms with Gasteiger partial charge in [0.25, 0.3) is 0 Å². The summed E-state index contributed by atoms with van der Waals surface area (Å²) in [6.07, 6.45) is 2.11. The molecule has 0 spiro atoms. The Morgan fingerprint density at radius 3 is 3.07 bits per heavy atom. The molecular weight excluding hydrogens is 240 g/mol. The molecule has 0 fully saturated rings. The van der Waals surface area contributed by atoms with Gasteiger partial charge in [-0.1, -0.05) is 22.0 Å². The maximum atomic E-state index is 5.79. The monoisotopic (exact) mass is 254 g/mol. The van der Waals surface area contributed by atoms with Crippen LogP contribution in [0.5, 0.6) is 0 Å². The zero-order chi connectivity index (χ0) is 10.1. The molecule has 2 nitrogen and oxygen atoms in total. The van der Waals surface area contributed by atoms with E-state index < -0.39 is 0 Å². The zero-order valence-electron chi connectivity index (χ0n) is 8.26. The van der Waals surface area contributed by atoms with Crippen molar-refractivity contribution in [3.8, 4) is 0 Å². The Balaban J connectivity index is 2.14. The highest BCUT2D eigenvalue weighted by molar-refractivity contribution is 9.10. The van der Waals surface area contributed by atoms with Gasteiger partial charge in [-0.05, 0) is 37.5 Å². The van der Waals surface area contributed by atoms with Gasteiger partial charge in [0.05, 0.1) is 0 Å². The summed E-state index contributed by atoms with van der Waals surface area (Å²) in [6, 6.07) is 7.05. The van der Waals surface area contributed by atoms with Crippen LogP contribution in [0.1, 0.15) is 18.9 Å². The van der Waals surface area contributed by atoms with Crippen molar-refractivity contribution in [2.24, 2.45) is 5.73 Å². The average Bonchev–Trinajstić information content (AvgIpc) is 2.47. The Morgan fingerprint density at radius 2 is 2.43 bits per heavy atom. The van der Waals surface area contributed by atoms with E-state index in [1.165, 1.54) is 15.7 Å². The van der Waals surface area contributed by atoms with Crippen molar-refractivity contribution in [3.05, 3.63) is 28.2 Å². The van der Waals surface area contributed by atoms with E-state index in [2.05, 4.69) is 46.4 Å². The first kappa shape index (κ1) is 9.99. The highest BCUT2D eigenvalue weighted by atomic mass is 79.9. The summed E-state index contributed by atoms with van der Waals surface area (Å²) in [4.78, 5) is 0. The second-order valence-corrected chi connectivity index (χ2v) is 4.88. The minimum Gasteiger partial charge on any atom is -0.382 e. The van der Waals surface area contributed by atoms with Crippen LogP contribution in [0.2, 0.25) is 0 Å². The zero-order valence-corrected chi connectivity index (χ0v) is 9.84. The van der Waals surface area contributed by atoms with Crippen molar-refractivity contribution >= 4 is 21.6 Å². The number of nitrogens with one attached hydrogen (secondary N) is 1. The van der Waals surface area contributed by atoms with E-state index in [0.717, 1.165) is 12.8 Å². The first-order chi connectivity index (χ1) is 6.66. The number of anilines is 1. The molecule has 0 amide bonds. The quantitative estimate of drug-likeness (QED) is 0.852. The third kappa shape index (κ3) is 1.93. The van der Waals surface area contributed by atoms with Gasteiger partial charge in [-0.2, -0.15) is 0 Å². The molecule has 1 aliphatic heterocycles. The standard InChI is InChI=1S/C11H15BrN2/c1-7(13)5-8-6-9-10(12)3-2-4-11(9)14-8/h2-4,7-8,14H,5-6,13H2,1H3. The maximum absolute atomic E-state index is 5.79. The van der Waals surface area contributed by atoms with E-state index >= 15 is 0 Å². The van der Waals surface area contributed by atoms with Crippen LogP contribution in [0.4, 0.5) is 5.69 Å². The maximum Gasteiger partial charge on any atom is 0.0387 e. The molecule has 14 heavy (non-hydrogen) atoms. The lowest BCUT2D eigenvalue weighted by atomic mass is 10.0. The predicted molar refractivity (Wildman–Crippen MR) is 63.5 cm³/mol. The molecule has 1 aromatic rings. The fourth-order valence-electron chi connectivity index (χ4n) is 2.01. The van der Waals surface area contributed by atoms with Gasteiger partial charge in [0, 0.05) is 22.2 Å². The van der Waals surface area contributed by atoms with Gasteiger partial charge < -0.3 is 11.1 Å². The summed E-state index contributed by atoms with van der Waals surface area (Å²) in [5, 5.41) is 3.50. The van der Waals surface area contributed by atoms with Crippen LogP contribution in [0.15, 0.2) is 22.7 Å². The lowest BCUT2D eigenvalue weighted by Gasteiger charge is -2.13. The van der Waals surface area contributed by atoms with Crippen molar-refractivity contribution in [2.75, 3.05) is 5.32 Å². The van der Waals surface area contributed by atoms with E-state index in [1.807, 2.05) is 0 Å². The van der Waals surface area contributed by atoms with Crippen LogP contribution < -0.4 is 11.1 Å². The first-order valence-electron chi connectivity index (χ1n) is 4.96. The highest BCUT2D eigenvalue weighted by Crippen LogP contribution is 2.32. The Morgan fingerprint density at radius 1 is 1.64 bits per heavy atom. The number of nitrogens with two attached hydrogens (primary N) is 1. The number of rotatable bonds is 2. The second-order valence-electron chi connectivity index (χ2n) is 4.02. The molecule has 0 aliphatic carbocycles. The lowest BCUT2D eigenvalue weighted by Crippen LogP contribution is -2.26. The molecule has 0 aromatic heterocycles. The Labute approximate surface area is 93.0 Å². The molecule has 2 rings (SSSR count). The third-order valence-corrected chi connectivity index (χ3v) is 3.33. The molecule has 1 heterocycles. The average molecular weight is 255 g/mol. The van der Waals surface area contributed by atoms with Gasteiger partial charge in [0.2, 0.25) is 0 Å². The molecule has 0 saturated heterocycles. The number of hydrogen-bond acceptors (Lipinski definition) is 2. The first-order valence-corrected chi connectivity index (χ1v) is 5.75. The van der Waals surface area contributed by atoms with Crippen LogP contribution in [0.3, 0.4) is 0 Å². The molecule has 76 valence electrons. The van der Waals surface area contributed by atoms with Gasteiger partial charge in [0.15, 0.2) is 0 Å². The van der Waals surface area contributed by atoms with Gasteiger partial charge in [-0.25, -0.2) is 0 Å². The molecule has 3 N–H and O–H groups in total. The lowest BCUT2D eigenvalue weighted by molar-refractivity contribution is 0.586. The van der Waals surface area contributed by atoms with E-state index in [0.29, 0.717) is 6.04 Å². The van der Waals surface area contributed by atoms with E-state index in [-0.39, 0.29) is 6.04 Å². The Hall–Kier alpha value is -0.540. The topological polar surface area (TPSA) is 38.0 Å². The van der Waals surface area contributed by atoms with Crippen molar-refractivity contribution in [2.45, 2.75) is 31.8 Å². The molecule has 0 saturated carbocycles. The number of halogens is 1. The third-order valence-electron chi connectivity index (χ3n) is 2.59. The fraction of sp³-hybridized carbons (Fsp3) is 0.455. The van der Waals surface area contributed by atoms with Crippen LogP contribution in [0.25, 0.3) is 0 Å². The van der Waals surface area contributed by atoms with Crippen molar-refractivity contribution in [1.29, 1.82) is 0 Å². The number of hydrogen-bond donors (Lipinski definition) is 2. The number of fused-ring (bicyclic) bond motifs is 1. The van der Waals surface area contributed by atoms with Gasteiger partial charge in [0.1, 0.15) is 0 Å². The summed E-state index contributed by atoms with van der Waals surface area (Å²) in [5.41, 5.74) is 8.44. The number of benzene rings is 1. The van der Waals surface area contributed by atoms with E-state index in [1.54, 1.807) is 0 Å². The molecule has 2 atom stereocenters. The fourth-order valence-corrected chi connectivity index (χ4v) is 2.54. The van der Waals surface area contributed by atoms with E-state index in [9.17, 15) is 0 Å².